The van der Waals surface area contributed by atoms with Crippen LogP contribution in [-0.4, -0.2) is 37.4 Å². The number of benzene rings is 1. The van der Waals surface area contributed by atoms with Crippen molar-refractivity contribution < 1.29 is 13.6 Å². The van der Waals surface area contributed by atoms with E-state index in [9.17, 15) is 13.6 Å². The Kier molecular flexibility index (Phi) is 5.03. The molecule has 0 heterocycles. The summed E-state index contributed by atoms with van der Waals surface area (Å²) in [6.07, 6.45) is -2.45. The third-order valence-corrected chi connectivity index (χ3v) is 2.43. The van der Waals surface area contributed by atoms with Gasteiger partial charge in [0.25, 0.3) is 6.43 Å². The van der Waals surface area contributed by atoms with Gasteiger partial charge < -0.3 is 11.1 Å². The van der Waals surface area contributed by atoms with Gasteiger partial charge in [0.1, 0.15) is 0 Å². The number of hydrogen-bond donors (Lipinski definition) is 2. The molecule has 0 aliphatic carbocycles. The van der Waals surface area contributed by atoms with Crippen molar-refractivity contribution in [1.82, 2.24) is 4.90 Å². The number of halogens is 2. The summed E-state index contributed by atoms with van der Waals surface area (Å²) in [5.41, 5.74) is 7.76. The zero-order valence-electron chi connectivity index (χ0n) is 10.4. The molecule has 0 aliphatic heterocycles. The number of aryl methyl sites for hydroxylation is 1. The third-order valence-electron chi connectivity index (χ3n) is 2.43. The summed E-state index contributed by atoms with van der Waals surface area (Å²) in [6.45, 7) is 1.35. The van der Waals surface area contributed by atoms with Gasteiger partial charge >= 0.3 is 0 Å². The first-order chi connectivity index (χ1) is 8.38. The average molecular weight is 257 g/mol. The lowest BCUT2D eigenvalue weighted by atomic mass is 10.2. The highest BCUT2D eigenvalue weighted by Gasteiger charge is 2.11. The fourth-order valence-corrected chi connectivity index (χ4v) is 1.46. The Morgan fingerprint density at radius 2 is 2.17 bits per heavy atom. The first-order valence-corrected chi connectivity index (χ1v) is 5.51. The van der Waals surface area contributed by atoms with Crippen molar-refractivity contribution in [3.8, 4) is 0 Å². The van der Waals surface area contributed by atoms with E-state index >= 15 is 0 Å². The molecule has 18 heavy (non-hydrogen) atoms. The number of anilines is 2. The fraction of sp³-hybridized carbons (Fsp3) is 0.417. The SMILES string of the molecule is Cc1ccc(NC(=O)CN(C)CC(F)F)cc1N. The topological polar surface area (TPSA) is 58.4 Å². The second kappa shape index (κ2) is 6.30. The van der Waals surface area contributed by atoms with Crippen LogP contribution in [-0.2, 0) is 4.79 Å². The lowest BCUT2D eigenvalue weighted by Crippen LogP contribution is -2.33. The van der Waals surface area contributed by atoms with Crippen LogP contribution >= 0.6 is 0 Å². The maximum atomic E-state index is 12.1. The first-order valence-electron chi connectivity index (χ1n) is 5.51. The largest absolute Gasteiger partial charge is 0.398 e. The van der Waals surface area contributed by atoms with Gasteiger partial charge in [-0.15, -0.1) is 0 Å². The minimum atomic E-state index is -2.45. The van der Waals surface area contributed by atoms with Crippen LogP contribution in [0.5, 0.6) is 0 Å². The van der Waals surface area contributed by atoms with Crippen LogP contribution in [0, 0.1) is 6.92 Å². The molecular weight excluding hydrogens is 240 g/mol. The second-order valence-corrected chi connectivity index (χ2v) is 4.21. The van der Waals surface area contributed by atoms with Crippen molar-refractivity contribution in [3.05, 3.63) is 23.8 Å². The molecule has 0 saturated carbocycles. The summed E-state index contributed by atoms with van der Waals surface area (Å²) >= 11 is 0. The minimum Gasteiger partial charge on any atom is -0.398 e. The normalized spacial score (nSPS) is 11.0. The fourth-order valence-electron chi connectivity index (χ4n) is 1.46. The summed E-state index contributed by atoms with van der Waals surface area (Å²) in [7, 11) is 1.47. The predicted molar refractivity (Wildman–Crippen MR) is 67.7 cm³/mol. The highest BCUT2D eigenvalue weighted by Crippen LogP contribution is 2.16. The molecule has 1 aromatic rings. The highest BCUT2D eigenvalue weighted by molar-refractivity contribution is 5.92. The number of alkyl halides is 2. The Bertz CT molecular complexity index is 424. The Hall–Kier alpha value is -1.69. The maximum Gasteiger partial charge on any atom is 0.251 e. The molecule has 6 heteroatoms. The van der Waals surface area contributed by atoms with E-state index in [0.29, 0.717) is 11.4 Å². The molecule has 3 N–H and O–H groups in total. The molecule has 0 atom stereocenters. The molecule has 1 rings (SSSR count). The lowest BCUT2D eigenvalue weighted by molar-refractivity contribution is -0.117. The first kappa shape index (κ1) is 14.4. The average Bonchev–Trinajstić information content (AvgIpc) is 2.21. The smallest absolute Gasteiger partial charge is 0.251 e. The van der Waals surface area contributed by atoms with Gasteiger partial charge in [0.2, 0.25) is 5.91 Å². The van der Waals surface area contributed by atoms with Crippen LogP contribution in [0.15, 0.2) is 18.2 Å². The maximum absolute atomic E-state index is 12.1. The second-order valence-electron chi connectivity index (χ2n) is 4.21. The number of nitrogens with one attached hydrogen (secondary N) is 1. The van der Waals surface area contributed by atoms with Gasteiger partial charge in [-0.2, -0.15) is 0 Å². The van der Waals surface area contributed by atoms with E-state index in [1.54, 1.807) is 18.2 Å². The summed E-state index contributed by atoms with van der Waals surface area (Å²) in [5, 5.41) is 2.61. The van der Waals surface area contributed by atoms with Crippen molar-refractivity contribution >= 4 is 17.3 Å². The number of hydrogen-bond acceptors (Lipinski definition) is 3. The number of carbonyl (C=O) groups excluding carboxylic acids is 1. The molecule has 0 unspecified atom stereocenters. The Morgan fingerprint density at radius 3 is 2.72 bits per heavy atom. The van der Waals surface area contributed by atoms with Crippen LogP contribution in [0.2, 0.25) is 0 Å². The zero-order chi connectivity index (χ0) is 13.7. The van der Waals surface area contributed by atoms with Gasteiger partial charge in [-0.3, -0.25) is 9.69 Å². The molecule has 1 aromatic carbocycles. The molecule has 100 valence electrons. The van der Waals surface area contributed by atoms with E-state index in [1.807, 2.05) is 6.92 Å². The molecule has 0 radical (unpaired) electrons. The number of nitrogens with two attached hydrogens (primary N) is 1. The number of carbonyl (C=O) groups is 1. The predicted octanol–water partition coefficient (Wildman–Crippen LogP) is 1.71. The molecule has 0 bridgehead atoms. The van der Waals surface area contributed by atoms with Crippen LogP contribution in [0.1, 0.15) is 5.56 Å². The molecule has 0 aromatic heterocycles. The van der Waals surface area contributed by atoms with E-state index in [2.05, 4.69) is 5.32 Å². The Morgan fingerprint density at radius 1 is 1.50 bits per heavy atom. The zero-order valence-corrected chi connectivity index (χ0v) is 10.4. The quantitative estimate of drug-likeness (QED) is 0.789. The van der Waals surface area contributed by atoms with Gasteiger partial charge in [0.05, 0.1) is 13.1 Å². The van der Waals surface area contributed by atoms with E-state index in [1.165, 1.54) is 11.9 Å². The monoisotopic (exact) mass is 257 g/mol. The number of rotatable bonds is 5. The molecule has 0 fully saturated rings. The van der Waals surface area contributed by atoms with Gasteiger partial charge in [-0.1, -0.05) is 6.07 Å². The van der Waals surface area contributed by atoms with Crippen LogP contribution in [0.4, 0.5) is 20.2 Å². The van der Waals surface area contributed by atoms with E-state index in [4.69, 9.17) is 5.73 Å². The molecule has 0 saturated heterocycles. The van der Waals surface area contributed by atoms with Crippen molar-refractivity contribution in [2.75, 3.05) is 31.2 Å². The Labute approximate surface area is 105 Å². The number of likely N-dealkylation sites (N-methyl/N-ethyl adjacent to an activating group) is 1. The van der Waals surface area contributed by atoms with Crippen molar-refractivity contribution in [1.29, 1.82) is 0 Å². The summed E-state index contributed by atoms with van der Waals surface area (Å²) < 4.78 is 24.1. The number of nitrogen functional groups attached to an aromatic ring is 1. The standard InChI is InChI=1S/C12H17F2N3O/c1-8-3-4-9(5-10(8)15)16-12(18)7-17(2)6-11(13)14/h3-5,11H,6-7,15H2,1-2H3,(H,16,18). The molecule has 1 amide bonds. The van der Waals surface area contributed by atoms with Crippen molar-refractivity contribution in [2.45, 2.75) is 13.3 Å². The summed E-state index contributed by atoms with van der Waals surface area (Å²) in [5.74, 6) is -0.346. The summed E-state index contributed by atoms with van der Waals surface area (Å²) in [4.78, 5) is 12.8. The highest BCUT2D eigenvalue weighted by atomic mass is 19.3. The van der Waals surface area contributed by atoms with Crippen LogP contribution < -0.4 is 11.1 Å². The van der Waals surface area contributed by atoms with Crippen LogP contribution in [0.3, 0.4) is 0 Å². The molecule has 0 aliphatic rings. The molecule has 0 spiro atoms. The minimum absolute atomic E-state index is 0.0852. The van der Waals surface area contributed by atoms with Crippen LogP contribution in [0.25, 0.3) is 0 Å². The van der Waals surface area contributed by atoms with Crippen molar-refractivity contribution in [2.24, 2.45) is 0 Å². The van der Waals surface area contributed by atoms with E-state index in [-0.39, 0.29) is 12.5 Å². The lowest BCUT2D eigenvalue weighted by Gasteiger charge is -2.15. The third kappa shape index (κ3) is 4.67. The van der Waals surface area contributed by atoms with Gasteiger partial charge in [-0.25, -0.2) is 8.78 Å². The van der Waals surface area contributed by atoms with E-state index < -0.39 is 13.0 Å². The van der Waals surface area contributed by atoms with E-state index in [0.717, 1.165) is 5.56 Å². The van der Waals surface area contributed by atoms with Gasteiger partial charge in [0.15, 0.2) is 0 Å². The molecule has 4 nitrogen and oxygen atoms in total. The van der Waals surface area contributed by atoms with Gasteiger partial charge in [0, 0.05) is 11.4 Å². The van der Waals surface area contributed by atoms with Crippen molar-refractivity contribution in [3.63, 3.8) is 0 Å². The van der Waals surface area contributed by atoms with Gasteiger partial charge in [-0.05, 0) is 31.7 Å². The summed E-state index contributed by atoms with van der Waals surface area (Å²) in [6, 6.07) is 5.14. The molecular formula is C12H17F2N3O. The number of amides is 1. The number of nitrogens with zero attached hydrogens (tertiary/aromatic N) is 1. The Balaban J connectivity index is 2.51.